The highest BCUT2D eigenvalue weighted by atomic mass is 32.2. The third kappa shape index (κ3) is 3.63. The Balaban J connectivity index is 1.71. The first-order valence-electron chi connectivity index (χ1n) is 9.28. The summed E-state index contributed by atoms with van der Waals surface area (Å²) in [5, 5.41) is 12.7. The van der Waals surface area contributed by atoms with Crippen LogP contribution in [0.2, 0.25) is 0 Å². The number of nitrogens with zero attached hydrogens (tertiary/aromatic N) is 6. The van der Waals surface area contributed by atoms with E-state index in [4.69, 9.17) is 0 Å². The molecule has 0 atom stereocenters. The van der Waals surface area contributed by atoms with Gasteiger partial charge in [0, 0.05) is 12.8 Å². The van der Waals surface area contributed by atoms with Crippen LogP contribution in [0, 0.1) is 20.8 Å². The zero-order valence-corrected chi connectivity index (χ0v) is 17.6. The van der Waals surface area contributed by atoms with Crippen molar-refractivity contribution in [2.24, 2.45) is 7.05 Å². The zero-order chi connectivity index (χ0) is 20.5. The number of para-hydroxylation sites is 1. The van der Waals surface area contributed by atoms with E-state index in [9.17, 15) is 4.79 Å². The first kappa shape index (κ1) is 19.2. The van der Waals surface area contributed by atoms with Gasteiger partial charge in [-0.25, -0.2) is 4.68 Å². The van der Waals surface area contributed by atoms with Gasteiger partial charge in [0.25, 0.3) is 5.56 Å². The monoisotopic (exact) mass is 406 g/mol. The first-order valence-corrected chi connectivity index (χ1v) is 10.3. The van der Waals surface area contributed by atoms with Crippen molar-refractivity contribution in [3.63, 3.8) is 0 Å². The van der Waals surface area contributed by atoms with Gasteiger partial charge in [-0.1, -0.05) is 59.3 Å². The van der Waals surface area contributed by atoms with Crippen LogP contribution in [0.25, 0.3) is 11.4 Å². The van der Waals surface area contributed by atoms with E-state index in [-0.39, 0.29) is 5.56 Å². The maximum atomic E-state index is 13.2. The summed E-state index contributed by atoms with van der Waals surface area (Å²) in [4.78, 5) is 13.2. The molecule has 0 aliphatic heterocycles. The van der Waals surface area contributed by atoms with Gasteiger partial charge in [-0.2, -0.15) is 4.68 Å². The van der Waals surface area contributed by atoms with E-state index in [0.29, 0.717) is 10.8 Å². The van der Waals surface area contributed by atoms with Crippen molar-refractivity contribution in [3.05, 3.63) is 81.3 Å². The zero-order valence-electron chi connectivity index (χ0n) is 16.8. The summed E-state index contributed by atoms with van der Waals surface area (Å²) in [5.74, 6) is 0.724. The van der Waals surface area contributed by atoms with Gasteiger partial charge in [-0.3, -0.25) is 9.48 Å². The Morgan fingerprint density at radius 2 is 1.69 bits per heavy atom. The predicted octanol–water partition coefficient (Wildman–Crippen LogP) is 3.37. The lowest BCUT2D eigenvalue weighted by Gasteiger charge is -2.07. The summed E-state index contributed by atoms with van der Waals surface area (Å²) < 4.78 is 5.00. The van der Waals surface area contributed by atoms with Gasteiger partial charge in [0.2, 0.25) is 5.16 Å². The molecule has 148 valence electrons. The third-order valence-corrected chi connectivity index (χ3v) is 5.82. The molecule has 8 heteroatoms. The fraction of sp³-hybridized carbons (Fsp3) is 0.238. The van der Waals surface area contributed by atoms with Gasteiger partial charge in [0.15, 0.2) is 5.69 Å². The minimum atomic E-state index is -0.156. The van der Waals surface area contributed by atoms with Gasteiger partial charge < -0.3 is 0 Å². The number of benzene rings is 2. The molecule has 2 aromatic carbocycles. The topological polar surface area (TPSA) is 70.5 Å². The second kappa shape index (κ2) is 7.71. The third-order valence-electron chi connectivity index (χ3n) is 4.83. The SMILES string of the molecule is Cc1cc(C)cc(CSc2nnnn2-c2c(C)n(C)n(-c3ccccc3)c2=O)c1. The molecule has 29 heavy (non-hydrogen) atoms. The molecule has 0 fully saturated rings. The van der Waals surface area contributed by atoms with Crippen LogP contribution in [0.1, 0.15) is 22.4 Å². The summed E-state index contributed by atoms with van der Waals surface area (Å²) in [6.45, 7) is 6.07. The molecule has 4 rings (SSSR count). The molecule has 0 spiro atoms. The summed E-state index contributed by atoms with van der Waals surface area (Å²) >= 11 is 1.52. The maximum absolute atomic E-state index is 13.2. The van der Waals surface area contributed by atoms with E-state index < -0.39 is 0 Å². The standard InChI is InChI=1S/C21H22N6OS/c1-14-10-15(2)12-17(11-14)13-29-21-22-23-24-26(21)19-16(3)25(4)27(20(19)28)18-8-6-5-7-9-18/h5-12H,13H2,1-4H3. The summed E-state index contributed by atoms with van der Waals surface area (Å²) in [5.41, 5.74) is 5.55. The van der Waals surface area contributed by atoms with Crippen LogP contribution < -0.4 is 5.56 Å². The highest BCUT2D eigenvalue weighted by Crippen LogP contribution is 2.24. The van der Waals surface area contributed by atoms with Crippen molar-refractivity contribution in [1.29, 1.82) is 0 Å². The van der Waals surface area contributed by atoms with Crippen molar-refractivity contribution in [2.75, 3.05) is 0 Å². The lowest BCUT2D eigenvalue weighted by atomic mass is 10.1. The van der Waals surface area contributed by atoms with E-state index in [1.165, 1.54) is 28.5 Å². The Morgan fingerprint density at radius 1 is 1.00 bits per heavy atom. The minimum absolute atomic E-state index is 0.156. The van der Waals surface area contributed by atoms with E-state index in [1.54, 1.807) is 9.36 Å². The van der Waals surface area contributed by atoms with Crippen LogP contribution in [-0.4, -0.2) is 29.6 Å². The molecule has 0 amide bonds. The van der Waals surface area contributed by atoms with E-state index in [1.807, 2.05) is 49.0 Å². The van der Waals surface area contributed by atoms with Crippen molar-refractivity contribution < 1.29 is 0 Å². The predicted molar refractivity (Wildman–Crippen MR) is 114 cm³/mol. The van der Waals surface area contributed by atoms with E-state index >= 15 is 0 Å². The molecule has 7 nitrogen and oxygen atoms in total. The molecule has 4 aromatic rings. The number of thioether (sulfide) groups is 1. The largest absolute Gasteiger partial charge is 0.297 e. The second-order valence-electron chi connectivity index (χ2n) is 7.07. The quantitative estimate of drug-likeness (QED) is 0.475. The Labute approximate surface area is 173 Å². The Hall–Kier alpha value is -3.13. The number of hydrogen-bond acceptors (Lipinski definition) is 5. The van der Waals surface area contributed by atoms with Gasteiger partial charge in [-0.15, -0.1) is 5.10 Å². The lowest BCUT2D eigenvalue weighted by molar-refractivity contribution is 0.630. The number of rotatable bonds is 5. The lowest BCUT2D eigenvalue weighted by Crippen LogP contribution is -2.22. The molecular formula is C21H22N6OS. The average molecular weight is 407 g/mol. The molecule has 0 aliphatic rings. The van der Waals surface area contributed by atoms with Crippen molar-refractivity contribution in [1.82, 2.24) is 29.6 Å². The van der Waals surface area contributed by atoms with Crippen LogP contribution in [0.15, 0.2) is 58.5 Å². The summed E-state index contributed by atoms with van der Waals surface area (Å²) in [6, 6.07) is 16.0. The van der Waals surface area contributed by atoms with Crippen LogP contribution in [0.5, 0.6) is 0 Å². The number of aryl methyl sites for hydroxylation is 2. The molecule has 2 aromatic heterocycles. The minimum Gasteiger partial charge on any atom is -0.283 e. The van der Waals surface area contributed by atoms with Gasteiger partial charge in [0.05, 0.1) is 11.4 Å². The smallest absolute Gasteiger partial charge is 0.283 e. The fourth-order valence-electron chi connectivity index (χ4n) is 3.51. The molecule has 0 N–H and O–H groups in total. The number of hydrogen-bond donors (Lipinski definition) is 0. The molecule has 2 heterocycles. The highest BCUT2D eigenvalue weighted by molar-refractivity contribution is 7.98. The van der Waals surface area contributed by atoms with E-state index in [0.717, 1.165) is 17.1 Å². The Morgan fingerprint density at radius 3 is 2.38 bits per heavy atom. The normalized spacial score (nSPS) is 11.2. The van der Waals surface area contributed by atoms with Crippen LogP contribution in [-0.2, 0) is 12.8 Å². The van der Waals surface area contributed by atoms with Crippen molar-refractivity contribution in [2.45, 2.75) is 31.7 Å². The molecule has 0 unspecified atom stereocenters. The first-order chi connectivity index (χ1) is 14.0. The van der Waals surface area contributed by atoms with Gasteiger partial charge >= 0.3 is 0 Å². The van der Waals surface area contributed by atoms with Crippen LogP contribution >= 0.6 is 11.8 Å². The highest BCUT2D eigenvalue weighted by Gasteiger charge is 2.21. The van der Waals surface area contributed by atoms with E-state index in [2.05, 4.69) is 47.6 Å². The number of aromatic nitrogens is 6. The van der Waals surface area contributed by atoms with Gasteiger partial charge in [0.1, 0.15) is 0 Å². The Bertz CT molecular complexity index is 1200. The molecular weight excluding hydrogens is 384 g/mol. The molecule has 0 bridgehead atoms. The maximum Gasteiger partial charge on any atom is 0.297 e. The molecule has 0 radical (unpaired) electrons. The fourth-order valence-corrected chi connectivity index (χ4v) is 4.31. The summed E-state index contributed by atoms with van der Waals surface area (Å²) in [7, 11) is 1.86. The van der Waals surface area contributed by atoms with Gasteiger partial charge in [-0.05, 0) is 48.9 Å². The molecule has 0 saturated heterocycles. The molecule has 0 aliphatic carbocycles. The summed E-state index contributed by atoms with van der Waals surface area (Å²) in [6.07, 6.45) is 0. The van der Waals surface area contributed by atoms with Crippen LogP contribution in [0.3, 0.4) is 0 Å². The number of tetrazole rings is 1. The second-order valence-corrected chi connectivity index (χ2v) is 8.01. The van der Waals surface area contributed by atoms with Crippen molar-refractivity contribution in [3.8, 4) is 11.4 Å². The van der Waals surface area contributed by atoms with Crippen LogP contribution in [0.4, 0.5) is 0 Å². The Kier molecular flexibility index (Phi) is 5.10. The van der Waals surface area contributed by atoms with Crippen molar-refractivity contribution >= 4 is 11.8 Å². The average Bonchev–Trinajstić information content (AvgIpc) is 3.22. The molecule has 0 saturated carbocycles.